The number of aromatic carboxylic acids is 1. The number of ether oxygens (including phenoxy) is 1. The first-order valence-corrected chi connectivity index (χ1v) is 5.09. The van der Waals surface area contributed by atoms with Crippen LogP contribution in [0, 0.1) is 0 Å². The summed E-state index contributed by atoms with van der Waals surface area (Å²) in [6, 6.07) is 6.16. The number of carboxylic acids is 1. The second kappa shape index (κ2) is 4.88. The first-order valence-electron chi connectivity index (χ1n) is 4.72. The van der Waals surface area contributed by atoms with Crippen LogP contribution in [-0.4, -0.2) is 16.1 Å². The third-order valence-corrected chi connectivity index (χ3v) is 2.20. The fraction of sp³-hybridized carbons (Fsp3) is 0.0909. The van der Waals surface area contributed by atoms with E-state index in [4.69, 9.17) is 25.9 Å². The van der Waals surface area contributed by atoms with E-state index in [9.17, 15) is 4.79 Å². The van der Waals surface area contributed by atoms with Crippen LogP contribution in [-0.2, 0) is 6.61 Å². The van der Waals surface area contributed by atoms with Crippen LogP contribution < -0.4 is 4.74 Å². The second-order valence-electron chi connectivity index (χ2n) is 3.16. The molecule has 0 atom stereocenters. The number of rotatable bonds is 4. The molecular weight excluding hydrogens is 246 g/mol. The molecule has 2 aromatic heterocycles. The zero-order valence-electron chi connectivity index (χ0n) is 8.59. The van der Waals surface area contributed by atoms with Crippen molar-refractivity contribution in [2.75, 3.05) is 0 Å². The Morgan fingerprint density at radius 2 is 2.29 bits per heavy atom. The van der Waals surface area contributed by atoms with E-state index >= 15 is 0 Å². The fourth-order valence-electron chi connectivity index (χ4n) is 1.22. The highest BCUT2D eigenvalue weighted by Crippen LogP contribution is 2.20. The van der Waals surface area contributed by atoms with Crippen LogP contribution in [0.3, 0.4) is 0 Å². The minimum atomic E-state index is -1.12. The van der Waals surface area contributed by atoms with Gasteiger partial charge in [0.1, 0.15) is 23.1 Å². The van der Waals surface area contributed by atoms with E-state index in [-0.39, 0.29) is 23.2 Å². The topological polar surface area (TPSA) is 72.6 Å². The molecule has 2 rings (SSSR count). The number of furan rings is 1. The molecule has 0 saturated carbocycles. The molecule has 2 heterocycles. The highest BCUT2D eigenvalue weighted by Gasteiger charge is 2.13. The van der Waals surface area contributed by atoms with Crippen molar-refractivity contribution in [1.29, 1.82) is 0 Å². The zero-order chi connectivity index (χ0) is 12.3. The van der Waals surface area contributed by atoms with Gasteiger partial charge in [-0.25, -0.2) is 9.78 Å². The second-order valence-corrected chi connectivity index (χ2v) is 3.55. The van der Waals surface area contributed by atoms with Crippen LogP contribution in [0.4, 0.5) is 0 Å². The Hall–Kier alpha value is -2.01. The summed E-state index contributed by atoms with van der Waals surface area (Å²) in [6.07, 6.45) is 1.50. The molecule has 1 N–H and O–H groups in total. The quantitative estimate of drug-likeness (QED) is 0.848. The molecule has 0 amide bonds. The zero-order valence-corrected chi connectivity index (χ0v) is 9.35. The van der Waals surface area contributed by atoms with Gasteiger partial charge in [0.25, 0.3) is 0 Å². The first-order chi connectivity index (χ1) is 8.16. The molecule has 0 saturated heterocycles. The summed E-state index contributed by atoms with van der Waals surface area (Å²) in [4.78, 5) is 14.7. The molecule has 5 nitrogen and oxygen atoms in total. The Bertz CT molecular complexity index is 524. The van der Waals surface area contributed by atoms with Gasteiger partial charge in [-0.2, -0.15) is 0 Å². The minimum Gasteiger partial charge on any atom is -0.477 e. The van der Waals surface area contributed by atoms with E-state index in [1.807, 2.05) is 0 Å². The van der Waals surface area contributed by atoms with Gasteiger partial charge >= 0.3 is 5.97 Å². The summed E-state index contributed by atoms with van der Waals surface area (Å²) in [5.74, 6) is -0.576. The number of aromatic nitrogens is 1. The fourth-order valence-corrected chi connectivity index (χ4v) is 1.36. The molecule has 0 unspecified atom stereocenters. The summed E-state index contributed by atoms with van der Waals surface area (Å²) >= 11 is 5.67. The molecule has 0 fully saturated rings. The number of carbonyl (C=O) groups is 1. The Morgan fingerprint density at radius 1 is 1.47 bits per heavy atom. The minimum absolute atomic E-state index is 0.0265. The van der Waals surface area contributed by atoms with Gasteiger partial charge in [-0.1, -0.05) is 11.6 Å². The van der Waals surface area contributed by atoms with E-state index in [0.717, 1.165) is 0 Å². The van der Waals surface area contributed by atoms with Crippen LogP contribution in [0.5, 0.6) is 5.88 Å². The van der Waals surface area contributed by atoms with E-state index < -0.39 is 5.97 Å². The Morgan fingerprint density at radius 3 is 2.94 bits per heavy atom. The molecule has 0 spiro atoms. The van der Waals surface area contributed by atoms with Gasteiger partial charge in [-0.3, -0.25) is 0 Å². The maximum atomic E-state index is 10.9. The number of hydrogen-bond donors (Lipinski definition) is 1. The average Bonchev–Trinajstić information content (AvgIpc) is 2.78. The maximum absolute atomic E-state index is 10.9. The Labute approximate surface area is 102 Å². The lowest BCUT2D eigenvalue weighted by Gasteiger charge is -2.06. The van der Waals surface area contributed by atoms with Crippen LogP contribution in [0.1, 0.15) is 16.1 Å². The standard InChI is InChI=1S/C11H8ClNO4/c12-9-4-3-8(11(14)15)10(13-9)17-6-7-2-1-5-16-7/h1-5H,6H2,(H,14,15). The average molecular weight is 254 g/mol. The van der Waals surface area contributed by atoms with Gasteiger partial charge in [-0.15, -0.1) is 0 Å². The normalized spacial score (nSPS) is 10.2. The predicted octanol–water partition coefficient (Wildman–Crippen LogP) is 2.61. The van der Waals surface area contributed by atoms with E-state index in [2.05, 4.69) is 4.98 Å². The number of nitrogens with zero attached hydrogens (tertiary/aromatic N) is 1. The monoisotopic (exact) mass is 253 g/mol. The number of halogens is 1. The van der Waals surface area contributed by atoms with Crippen molar-refractivity contribution in [1.82, 2.24) is 4.98 Å². The van der Waals surface area contributed by atoms with Crippen molar-refractivity contribution >= 4 is 17.6 Å². The van der Waals surface area contributed by atoms with Crippen molar-refractivity contribution in [3.63, 3.8) is 0 Å². The van der Waals surface area contributed by atoms with Gasteiger partial charge < -0.3 is 14.3 Å². The summed E-state index contributed by atoms with van der Waals surface area (Å²) in [5, 5.41) is 9.10. The summed E-state index contributed by atoms with van der Waals surface area (Å²) in [6.45, 7) is 0.0978. The molecule has 6 heteroatoms. The summed E-state index contributed by atoms with van der Waals surface area (Å²) in [5.41, 5.74) is -0.0408. The molecule has 17 heavy (non-hydrogen) atoms. The van der Waals surface area contributed by atoms with Gasteiger partial charge in [-0.05, 0) is 24.3 Å². The van der Waals surface area contributed by atoms with Crippen molar-refractivity contribution in [2.45, 2.75) is 6.61 Å². The van der Waals surface area contributed by atoms with Crippen molar-refractivity contribution in [3.8, 4) is 5.88 Å². The highest BCUT2D eigenvalue weighted by atomic mass is 35.5. The number of pyridine rings is 1. The van der Waals surface area contributed by atoms with E-state index in [1.54, 1.807) is 12.1 Å². The maximum Gasteiger partial charge on any atom is 0.341 e. The van der Waals surface area contributed by atoms with Crippen molar-refractivity contribution in [3.05, 3.63) is 47.0 Å². The lowest BCUT2D eigenvalue weighted by atomic mass is 10.3. The van der Waals surface area contributed by atoms with Crippen LogP contribution in [0.25, 0.3) is 0 Å². The Kier molecular flexibility index (Phi) is 3.30. The third-order valence-electron chi connectivity index (χ3n) is 1.99. The SMILES string of the molecule is O=C(O)c1ccc(Cl)nc1OCc1ccco1. The van der Waals surface area contributed by atoms with Gasteiger partial charge in [0.05, 0.1) is 6.26 Å². The smallest absolute Gasteiger partial charge is 0.341 e. The predicted molar refractivity (Wildman–Crippen MR) is 59.2 cm³/mol. The van der Waals surface area contributed by atoms with Crippen LogP contribution in [0.15, 0.2) is 34.9 Å². The molecule has 0 aliphatic rings. The van der Waals surface area contributed by atoms with Gasteiger partial charge in [0.2, 0.25) is 5.88 Å². The molecule has 2 aromatic rings. The van der Waals surface area contributed by atoms with Gasteiger partial charge in [0, 0.05) is 0 Å². The van der Waals surface area contributed by atoms with Gasteiger partial charge in [0.15, 0.2) is 0 Å². The largest absolute Gasteiger partial charge is 0.477 e. The third kappa shape index (κ3) is 2.76. The molecule has 88 valence electrons. The van der Waals surface area contributed by atoms with Crippen LogP contribution >= 0.6 is 11.6 Å². The lowest BCUT2D eigenvalue weighted by molar-refractivity contribution is 0.0690. The molecular formula is C11H8ClNO4. The number of hydrogen-bond acceptors (Lipinski definition) is 4. The van der Waals surface area contributed by atoms with Crippen LogP contribution in [0.2, 0.25) is 5.15 Å². The van der Waals surface area contributed by atoms with E-state index in [0.29, 0.717) is 5.76 Å². The molecule has 0 bridgehead atoms. The summed E-state index contributed by atoms with van der Waals surface area (Å²) < 4.78 is 10.3. The lowest BCUT2D eigenvalue weighted by Crippen LogP contribution is -2.05. The number of carboxylic acid groups (broad SMARTS) is 1. The van der Waals surface area contributed by atoms with Crippen molar-refractivity contribution < 1.29 is 19.1 Å². The molecule has 0 aromatic carbocycles. The first kappa shape index (κ1) is 11.5. The molecule has 0 aliphatic carbocycles. The molecule has 0 radical (unpaired) electrons. The highest BCUT2D eigenvalue weighted by molar-refractivity contribution is 6.29. The Balaban J connectivity index is 2.19. The summed E-state index contributed by atoms with van der Waals surface area (Å²) in [7, 11) is 0. The van der Waals surface area contributed by atoms with E-state index in [1.165, 1.54) is 18.4 Å². The molecule has 0 aliphatic heterocycles. The van der Waals surface area contributed by atoms with Crippen molar-refractivity contribution in [2.24, 2.45) is 0 Å².